The highest BCUT2D eigenvalue weighted by molar-refractivity contribution is 5.81. The zero-order valence-corrected chi connectivity index (χ0v) is 32.2. The first kappa shape index (κ1) is 47.0. The van der Waals surface area contributed by atoms with Gasteiger partial charge in [-0.2, -0.15) is 0 Å². The van der Waals surface area contributed by atoms with Crippen molar-refractivity contribution in [3.05, 3.63) is 0 Å². The van der Waals surface area contributed by atoms with E-state index >= 15 is 0 Å². The number of aliphatic imine (C=N–C) groups is 1. The number of nitrogens with zero attached hydrogens (tertiary/aromatic N) is 1. The number of amides is 1. The zero-order valence-electron chi connectivity index (χ0n) is 32.2. The average Bonchev–Trinajstić information content (AvgIpc) is 3.04. The first-order chi connectivity index (χ1) is 23.9. The Morgan fingerprint density at radius 3 is 1.46 bits per heavy atom. The number of ether oxygens (including phenoxy) is 4. The molecule has 0 rings (SSSR count). The number of alkyl carbamates (subject to hydrolysis) is 1. The van der Waals surface area contributed by atoms with Gasteiger partial charge in [0.05, 0.1) is 0 Å². The summed E-state index contributed by atoms with van der Waals surface area (Å²) < 4.78 is 21.9. The van der Waals surface area contributed by atoms with Crippen LogP contribution in [0, 0.1) is 0 Å². The molecule has 0 saturated carbocycles. The Bertz CT molecular complexity index is 896. The molecular weight excluding hydrogens is 640 g/mol. The summed E-state index contributed by atoms with van der Waals surface area (Å²) in [6, 6.07) is -1.10. The summed E-state index contributed by atoms with van der Waals surface area (Å²) in [4.78, 5) is 54.9. The predicted octanol–water partition coefficient (Wildman–Crippen LogP) is 7.77. The molecule has 0 spiro atoms. The van der Waals surface area contributed by atoms with Gasteiger partial charge < -0.3 is 35.7 Å². The van der Waals surface area contributed by atoms with Crippen molar-refractivity contribution in [3.63, 3.8) is 0 Å². The summed E-state index contributed by atoms with van der Waals surface area (Å²) in [5, 5.41) is 2.55. The highest BCUT2D eigenvalue weighted by Gasteiger charge is 2.28. The SMILES string of the molecule is CCCCCCCCCCCC(=O)OCC(COC(=O)CCCCCCCCCCC)OC(=O)[C@H](CCCN=C(N)N)NC(=O)OC(C)(C)C. The van der Waals surface area contributed by atoms with Gasteiger partial charge in [0, 0.05) is 19.4 Å². The van der Waals surface area contributed by atoms with Crippen LogP contribution in [0.1, 0.15) is 176 Å². The minimum absolute atomic E-state index is 0.0854. The van der Waals surface area contributed by atoms with Crippen LogP contribution in [-0.2, 0) is 33.3 Å². The third-order valence-electron chi connectivity index (χ3n) is 8.03. The Hall–Kier alpha value is -3.05. The molecule has 292 valence electrons. The molecule has 0 radical (unpaired) electrons. The molecule has 0 aliphatic rings. The maximum absolute atomic E-state index is 13.3. The van der Waals surface area contributed by atoms with Crippen molar-refractivity contribution in [1.29, 1.82) is 0 Å². The molecule has 50 heavy (non-hydrogen) atoms. The van der Waals surface area contributed by atoms with E-state index in [-0.39, 0.29) is 45.0 Å². The van der Waals surface area contributed by atoms with Crippen LogP contribution >= 0.6 is 0 Å². The standard InChI is InChI=1S/C38H72N4O8/c1-6-8-10-12-14-16-18-20-22-26-33(43)47-29-31(30-48-34(44)27-23-21-19-17-15-13-11-9-7-2)49-35(45)32(25-24-28-41-36(39)40)42-37(46)50-38(3,4)5/h31-32H,6-30H2,1-5H3,(H,42,46)(H4,39,40,41)/t32-/m0/s1. The molecule has 0 unspecified atom stereocenters. The first-order valence-corrected chi connectivity index (χ1v) is 19.4. The van der Waals surface area contributed by atoms with Gasteiger partial charge in [-0.05, 0) is 46.5 Å². The van der Waals surface area contributed by atoms with Crippen LogP contribution in [0.5, 0.6) is 0 Å². The van der Waals surface area contributed by atoms with E-state index in [9.17, 15) is 19.2 Å². The van der Waals surface area contributed by atoms with E-state index < -0.39 is 41.7 Å². The molecule has 0 aliphatic carbocycles. The number of rotatable bonds is 31. The fraction of sp³-hybridized carbons (Fsp3) is 0.868. The molecular formula is C38H72N4O8. The van der Waals surface area contributed by atoms with Gasteiger partial charge >= 0.3 is 24.0 Å². The normalized spacial score (nSPS) is 11.9. The monoisotopic (exact) mass is 713 g/mol. The fourth-order valence-corrected chi connectivity index (χ4v) is 5.24. The molecule has 0 bridgehead atoms. The Morgan fingerprint density at radius 2 is 1.06 bits per heavy atom. The van der Waals surface area contributed by atoms with E-state index in [1.165, 1.54) is 64.2 Å². The second kappa shape index (κ2) is 30.7. The van der Waals surface area contributed by atoms with Crippen molar-refractivity contribution < 1.29 is 38.1 Å². The van der Waals surface area contributed by atoms with Gasteiger partial charge in [0.2, 0.25) is 0 Å². The van der Waals surface area contributed by atoms with Crippen molar-refractivity contribution in [2.24, 2.45) is 16.5 Å². The molecule has 0 fully saturated rings. The maximum atomic E-state index is 13.3. The number of carbonyl (C=O) groups excluding carboxylic acids is 4. The molecule has 0 saturated heterocycles. The molecule has 0 aliphatic heterocycles. The van der Waals surface area contributed by atoms with Crippen molar-refractivity contribution in [1.82, 2.24) is 5.32 Å². The number of nitrogens with one attached hydrogen (secondary N) is 1. The molecule has 5 N–H and O–H groups in total. The van der Waals surface area contributed by atoms with Gasteiger partial charge in [-0.15, -0.1) is 0 Å². The lowest BCUT2D eigenvalue weighted by molar-refractivity contribution is -0.168. The predicted molar refractivity (Wildman–Crippen MR) is 199 cm³/mol. The van der Waals surface area contributed by atoms with Crippen molar-refractivity contribution in [2.45, 2.75) is 194 Å². The Kier molecular flexibility index (Phi) is 28.9. The van der Waals surface area contributed by atoms with Crippen LogP contribution < -0.4 is 16.8 Å². The van der Waals surface area contributed by atoms with Gasteiger partial charge in [0.25, 0.3) is 0 Å². The molecule has 0 aromatic heterocycles. The summed E-state index contributed by atoms with van der Waals surface area (Å²) in [6.45, 7) is 9.22. The summed E-state index contributed by atoms with van der Waals surface area (Å²) >= 11 is 0. The Labute approximate surface area is 302 Å². The average molecular weight is 713 g/mol. The lowest BCUT2D eigenvalue weighted by atomic mass is 10.1. The summed E-state index contributed by atoms with van der Waals surface area (Å²) in [5.74, 6) is -1.68. The number of hydrogen-bond donors (Lipinski definition) is 3. The second-order valence-corrected chi connectivity index (χ2v) is 14.2. The van der Waals surface area contributed by atoms with Crippen molar-refractivity contribution in [3.8, 4) is 0 Å². The summed E-state index contributed by atoms with van der Waals surface area (Å²) in [6.07, 6.45) is 19.4. The van der Waals surface area contributed by atoms with Crippen molar-refractivity contribution in [2.75, 3.05) is 19.8 Å². The number of unbranched alkanes of at least 4 members (excludes halogenated alkanes) is 16. The van der Waals surface area contributed by atoms with Crippen LogP contribution in [0.15, 0.2) is 4.99 Å². The number of esters is 3. The van der Waals surface area contributed by atoms with Gasteiger partial charge in [-0.1, -0.05) is 117 Å². The smallest absolute Gasteiger partial charge is 0.408 e. The minimum Gasteiger partial charge on any atom is -0.462 e. The van der Waals surface area contributed by atoms with Gasteiger partial charge in [0.1, 0.15) is 24.9 Å². The number of carbonyl (C=O) groups is 4. The van der Waals surface area contributed by atoms with E-state index in [4.69, 9.17) is 30.4 Å². The van der Waals surface area contributed by atoms with Crippen LogP contribution in [0.2, 0.25) is 0 Å². The number of guanidine groups is 1. The summed E-state index contributed by atoms with van der Waals surface area (Å²) in [7, 11) is 0. The molecule has 1 amide bonds. The van der Waals surface area contributed by atoms with E-state index in [0.29, 0.717) is 19.3 Å². The maximum Gasteiger partial charge on any atom is 0.408 e. The van der Waals surface area contributed by atoms with Gasteiger partial charge in [-0.3, -0.25) is 14.6 Å². The largest absolute Gasteiger partial charge is 0.462 e. The lowest BCUT2D eigenvalue weighted by Crippen LogP contribution is -2.46. The highest BCUT2D eigenvalue weighted by Crippen LogP contribution is 2.14. The quantitative estimate of drug-likeness (QED) is 0.0211. The van der Waals surface area contributed by atoms with Crippen LogP contribution in [0.3, 0.4) is 0 Å². The minimum atomic E-state index is -1.10. The molecule has 0 heterocycles. The molecule has 12 heteroatoms. The number of nitrogens with two attached hydrogens (primary N) is 2. The van der Waals surface area contributed by atoms with Crippen LogP contribution in [-0.4, -0.2) is 67.5 Å². The highest BCUT2D eigenvalue weighted by atomic mass is 16.6. The van der Waals surface area contributed by atoms with Gasteiger partial charge in [-0.25, -0.2) is 9.59 Å². The van der Waals surface area contributed by atoms with E-state index in [1.807, 2.05) is 0 Å². The Morgan fingerprint density at radius 1 is 0.640 bits per heavy atom. The topological polar surface area (TPSA) is 182 Å². The lowest BCUT2D eigenvalue weighted by Gasteiger charge is -2.24. The second-order valence-electron chi connectivity index (χ2n) is 14.2. The third kappa shape index (κ3) is 31.0. The van der Waals surface area contributed by atoms with E-state index in [2.05, 4.69) is 24.2 Å². The fourth-order valence-electron chi connectivity index (χ4n) is 5.24. The summed E-state index contributed by atoms with van der Waals surface area (Å²) in [5.41, 5.74) is 10.0. The van der Waals surface area contributed by atoms with E-state index in [1.54, 1.807) is 20.8 Å². The molecule has 0 aromatic carbocycles. The molecule has 12 nitrogen and oxygen atoms in total. The molecule has 0 aromatic rings. The van der Waals surface area contributed by atoms with Gasteiger partial charge in [0.15, 0.2) is 12.1 Å². The van der Waals surface area contributed by atoms with E-state index in [0.717, 1.165) is 38.5 Å². The van der Waals surface area contributed by atoms with Crippen molar-refractivity contribution >= 4 is 30.0 Å². The third-order valence-corrected chi connectivity index (χ3v) is 8.03. The van der Waals surface area contributed by atoms with Crippen LogP contribution in [0.25, 0.3) is 0 Å². The first-order valence-electron chi connectivity index (χ1n) is 19.4. The van der Waals surface area contributed by atoms with Crippen LogP contribution in [0.4, 0.5) is 4.79 Å². The zero-order chi connectivity index (χ0) is 37.5. The Balaban J connectivity index is 5.13. The molecule has 1 atom stereocenters. The number of hydrogen-bond acceptors (Lipinski definition) is 9.